The van der Waals surface area contributed by atoms with Crippen molar-refractivity contribution in [2.24, 2.45) is 0 Å². The van der Waals surface area contributed by atoms with Crippen molar-refractivity contribution in [3.05, 3.63) is 35.4 Å². The third-order valence-electron chi connectivity index (χ3n) is 5.64. The minimum atomic E-state index is -0.103. The Kier molecular flexibility index (Phi) is 5.39. The summed E-state index contributed by atoms with van der Waals surface area (Å²) in [6, 6.07) is 7.53. The van der Waals surface area contributed by atoms with E-state index in [-0.39, 0.29) is 24.0 Å². The summed E-state index contributed by atoms with van der Waals surface area (Å²) in [4.78, 5) is 28.8. The van der Waals surface area contributed by atoms with Crippen molar-refractivity contribution in [3.8, 4) is 0 Å². The van der Waals surface area contributed by atoms with Gasteiger partial charge in [-0.2, -0.15) is 0 Å². The molecular formula is C19H27N3O3. The number of aliphatic hydroxyl groups is 1. The third-order valence-corrected chi connectivity index (χ3v) is 5.64. The Morgan fingerprint density at radius 3 is 2.64 bits per heavy atom. The van der Waals surface area contributed by atoms with Crippen LogP contribution in [0.1, 0.15) is 30.4 Å². The number of rotatable bonds is 3. The molecule has 2 amide bonds. The first-order valence-electron chi connectivity index (χ1n) is 8.97. The molecule has 0 aliphatic carbocycles. The maximum Gasteiger partial charge on any atom is 0.227 e. The molecule has 0 radical (unpaired) electrons. The van der Waals surface area contributed by atoms with E-state index >= 15 is 0 Å². The van der Waals surface area contributed by atoms with Crippen molar-refractivity contribution in [2.75, 3.05) is 33.2 Å². The van der Waals surface area contributed by atoms with E-state index < -0.39 is 0 Å². The summed E-state index contributed by atoms with van der Waals surface area (Å²) in [5, 5.41) is 12.1. The number of hydrogen-bond donors (Lipinski definition) is 2. The number of amides is 2. The zero-order valence-electron chi connectivity index (χ0n) is 14.8. The van der Waals surface area contributed by atoms with Gasteiger partial charge in [0.15, 0.2) is 0 Å². The van der Waals surface area contributed by atoms with Crippen molar-refractivity contribution in [2.45, 2.75) is 37.8 Å². The van der Waals surface area contributed by atoms with Gasteiger partial charge in [0, 0.05) is 38.1 Å². The second-order valence-corrected chi connectivity index (χ2v) is 7.21. The van der Waals surface area contributed by atoms with Gasteiger partial charge in [-0.05, 0) is 31.0 Å². The van der Waals surface area contributed by atoms with Gasteiger partial charge in [-0.15, -0.1) is 0 Å². The number of likely N-dealkylation sites (N-methyl/N-ethyl adjacent to an activating group) is 1. The fourth-order valence-corrected chi connectivity index (χ4v) is 3.86. The molecule has 1 aromatic rings. The van der Waals surface area contributed by atoms with Crippen molar-refractivity contribution >= 4 is 11.8 Å². The minimum absolute atomic E-state index is 0.0158. The Hall–Kier alpha value is -1.92. The molecule has 2 saturated heterocycles. The molecule has 2 fully saturated rings. The summed E-state index contributed by atoms with van der Waals surface area (Å²) in [6.45, 7) is 2.94. The number of benzene rings is 1. The van der Waals surface area contributed by atoms with E-state index in [0.717, 1.165) is 37.1 Å². The Balaban J connectivity index is 1.67. The Bertz CT molecular complexity index is 631. The maximum absolute atomic E-state index is 12.8. The number of aliphatic hydroxyl groups excluding tert-OH is 1. The highest BCUT2D eigenvalue weighted by Crippen LogP contribution is 2.30. The van der Waals surface area contributed by atoms with Gasteiger partial charge in [0.1, 0.15) is 0 Å². The monoisotopic (exact) mass is 345 g/mol. The fourth-order valence-electron chi connectivity index (χ4n) is 3.86. The first-order valence-corrected chi connectivity index (χ1v) is 8.97. The molecule has 136 valence electrons. The van der Waals surface area contributed by atoms with E-state index in [9.17, 15) is 9.59 Å². The average Bonchev–Trinajstić information content (AvgIpc) is 2.80. The number of hydrogen-bond acceptors (Lipinski definition) is 4. The SMILES string of the molecule is CN1CCN(C(=O)Cc2ccc(CO)cc2)C[C@@]12CCNC(=O)CC2. The molecule has 1 atom stereocenters. The van der Waals surface area contributed by atoms with Gasteiger partial charge in [-0.1, -0.05) is 24.3 Å². The van der Waals surface area contributed by atoms with Crippen molar-refractivity contribution in [1.29, 1.82) is 0 Å². The summed E-state index contributed by atoms with van der Waals surface area (Å²) < 4.78 is 0. The van der Waals surface area contributed by atoms with E-state index in [1.54, 1.807) is 0 Å². The first-order chi connectivity index (χ1) is 12.0. The topological polar surface area (TPSA) is 72.9 Å². The van der Waals surface area contributed by atoms with Crippen LogP contribution in [-0.2, 0) is 22.6 Å². The highest BCUT2D eigenvalue weighted by molar-refractivity contribution is 5.79. The number of nitrogens with zero attached hydrogens (tertiary/aromatic N) is 2. The van der Waals surface area contributed by atoms with Crippen LogP contribution in [0, 0.1) is 0 Å². The molecule has 0 saturated carbocycles. The number of piperazine rings is 1. The normalized spacial score (nSPS) is 24.9. The number of carbonyl (C=O) groups excluding carboxylic acids is 2. The van der Waals surface area contributed by atoms with E-state index in [2.05, 4.69) is 17.3 Å². The molecule has 2 N–H and O–H groups in total. The molecule has 0 aromatic heterocycles. The van der Waals surface area contributed by atoms with Crippen LogP contribution < -0.4 is 5.32 Å². The second kappa shape index (κ2) is 7.54. The zero-order chi connectivity index (χ0) is 17.9. The minimum Gasteiger partial charge on any atom is -0.392 e. The Morgan fingerprint density at radius 1 is 1.20 bits per heavy atom. The van der Waals surface area contributed by atoms with E-state index in [1.165, 1.54) is 0 Å². The molecule has 2 aliphatic heterocycles. The molecule has 1 spiro atoms. The summed E-state index contributed by atoms with van der Waals surface area (Å²) in [5.74, 6) is 0.241. The van der Waals surface area contributed by atoms with Crippen LogP contribution in [0.5, 0.6) is 0 Å². The highest BCUT2D eigenvalue weighted by atomic mass is 16.3. The van der Waals surface area contributed by atoms with Crippen molar-refractivity contribution in [1.82, 2.24) is 15.1 Å². The van der Waals surface area contributed by atoms with Gasteiger partial charge in [0.25, 0.3) is 0 Å². The van der Waals surface area contributed by atoms with E-state index in [4.69, 9.17) is 5.11 Å². The van der Waals surface area contributed by atoms with E-state index in [1.807, 2.05) is 29.2 Å². The second-order valence-electron chi connectivity index (χ2n) is 7.21. The predicted octanol–water partition coefficient (Wildman–Crippen LogP) is 0.534. The molecule has 2 aliphatic rings. The highest BCUT2D eigenvalue weighted by Gasteiger charge is 2.41. The molecule has 6 heteroatoms. The summed E-state index contributed by atoms with van der Waals surface area (Å²) in [6.07, 6.45) is 2.58. The molecule has 0 bridgehead atoms. The molecule has 6 nitrogen and oxygen atoms in total. The quantitative estimate of drug-likeness (QED) is 0.838. The van der Waals surface area contributed by atoms with Crippen LogP contribution in [0.2, 0.25) is 0 Å². The molecule has 3 rings (SSSR count). The predicted molar refractivity (Wildman–Crippen MR) is 94.9 cm³/mol. The Labute approximate surface area is 148 Å². The molecule has 25 heavy (non-hydrogen) atoms. The molecule has 2 heterocycles. The first kappa shape index (κ1) is 17.9. The van der Waals surface area contributed by atoms with Gasteiger partial charge < -0.3 is 15.3 Å². The smallest absolute Gasteiger partial charge is 0.227 e. The third kappa shape index (κ3) is 4.02. The fraction of sp³-hybridized carbons (Fsp3) is 0.579. The van der Waals surface area contributed by atoms with Gasteiger partial charge in [-0.3, -0.25) is 14.5 Å². The van der Waals surface area contributed by atoms with Gasteiger partial charge in [0.2, 0.25) is 11.8 Å². The molecule has 0 unspecified atom stereocenters. The van der Waals surface area contributed by atoms with Crippen LogP contribution in [-0.4, -0.2) is 65.5 Å². The van der Waals surface area contributed by atoms with Crippen LogP contribution >= 0.6 is 0 Å². The van der Waals surface area contributed by atoms with Crippen LogP contribution in [0.15, 0.2) is 24.3 Å². The summed E-state index contributed by atoms with van der Waals surface area (Å²) in [5.41, 5.74) is 1.71. The largest absolute Gasteiger partial charge is 0.392 e. The zero-order valence-corrected chi connectivity index (χ0v) is 14.8. The molecular weight excluding hydrogens is 318 g/mol. The molecule has 1 aromatic carbocycles. The maximum atomic E-state index is 12.8. The van der Waals surface area contributed by atoms with Gasteiger partial charge in [0.05, 0.1) is 13.0 Å². The lowest BCUT2D eigenvalue weighted by Gasteiger charge is -2.49. The standard InChI is InChI=1S/C19H27N3O3/c1-21-10-11-22(14-19(21)7-6-17(24)20-9-8-19)18(25)12-15-2-4-16(13-23)5-3-15/h2-5,23H,6-14H2,1H3,(H,20,24)/t19-/m1/s1. The summed E-state index contributed by atoms with van der Waals surface area (Å²) >= 11 is 0. The lowest BCUT2D eigenvalue weighted by molar-refractivity contribution is -0.136. The average molecular weight is 345 g/mol. The van der Waals surface area contributed by atoms with Gasteiger partial charge in [-0.25, -0.2) is 0 Å². The number of nitrogens with one attached hydrogen (secondary N) is 1. The number of carbonyl (C=O) groups is 2. The van der Waals surface area contributed by atoms with Crippen molar-refractivity contribution < 1.29 is 14.7 Å². The lowest BCUT2D eigenvalue weighted by Crippen LogP contribution is -2.62. The Morgan fingerprint density at radius 2 is 1.92 bits per heavy atom. The van der Waals surface area contributed by atoms with Crippen molar-refractivity contribution in [3.63, 3.8) is 0 Å². The van der Waals surface area contributed by atoms with E-state index in [0.29, 0.717) is 25.9 Å². The lowest BCUT2D eigenvalue weighted by atomic mass is 9.86. The van der Waals surface area contributed by atoms with Crippen LogP contribution in [0.25, 0.3) is 0 Å². The van der Waals surface area contributed by atoms with Gasteiger partial charge >= 0.3 is 0 Å². The van der Waals surface area contributed by atoms with Crippen LogP contribution in [0.3, 0.4) is 0 Å². The summed E-state index contributed by atoms with van der Waals surface area (Å²) in [7, 11) is 2.10. The van der Waals surface area contributed by atoms with Crippen LogP contribution in [0.4, 0.5) is 0 Å².